The van der Waals surface area contributed by atoms with Crippen molar-refractivity contribution in [2.45, 2.75) is 70.6 Å². The number of hydrogen-bond acceptors (Lipinski definition) is 4. The van der Waals surface area contributed by atoms with Gasteiger partial charge in [-0.3, -0.25) is 0 Å². The largest absolute Gasteiger partial charge is 0.391 e. The van der Waals surface area contributed by atoms with Gasteiger partial charge < -0.3 is 5.32 Å². The van der Waals surface area contributed by atoms with Crippen molar-refractivity contribution in [2.24, 2.45) is 5.92 Å². The van der Waals surface area contributed by atoms with E-state index < -0.39 is 12.1 Å². The van der Waals surface area contributed by atoms with Crippen LogP contribution < -0.4 is 5.32 Å². The summed E-state index contributed by atoms with van der Waals surface area (Å²) < 4.78 is 38.5. The molecule has 1 aliphatic carbocycles. The molecule has 0 radical (unpaired) electrons. The Kier molecular flexibility index (Phi) is 4.92. The van der Waals surface area contributed by atoms with Gasteiger partial charge in [0, 0.05) is 11.5 Å². The number of aromatic nitrogens is 2. The predicted molar refractivity (Wildman–Crippen MR) is 77.3 cm³/mol. The van der Waals surface area contributed by atoms with E-state index in [0.29, 0.717) is 13.0 Å². The third kappa shape index (κ3) is 4.92. The summed E-state index contributed by atoms with van der Waals surface area (Å²) in [4.78, 5) is 0. The minimum atomic E-state index is -4.08. The molecule has 0 spiro atoms. The van der Waals surface area contributed by atoms with Crippen LogP contribution >= 0.6 is 11.3 Å². The summed E-state index contributed by atoms with van der Waals surface area (Å²) in [5.74, 6) is -1.28. The quantitative estimate of drug-likeness (QED) is 0.904. The monoisotopic (exact) mass is 321 g/mol. The van der Waals surface area contributed by atoms with Crippen LogP contribution in [0.25, 0.3) is 0 Å². The average Bonchev–Trinajstić information content (AvgIpc) is 2.83. The third-order valence-electron chi connectivity index (χ3n) is 3.74. The zero-order valence-corrected chi connectivity index (χ0v) is 13.4. The molecular weight excluding hydrogens is 299 g/mol. The van der Waals surface area contributed by atoms with Crippen LogP contribution in [-0.2, 0) is 6.54 Å². The van der Waals surface area contributed by atoms with Crippen LogP contribution in [0.5, 0.6) is 0 Å². The molecule has 1 fully saturated rings. The first kappa shape index (κ1) is 16.7. The first-order valence-electron chi connectivity index (χ1n) is 7.29. The van der Waals surface area contributed by atoms with Crippen LogP contribution in [0, 0.1) is 5.92 Å². The Labute approximate surface area is 127 Å². The minimum absolute atomic E-state index is 0.0158. The fourth-order valence-electron chi connectivity index (χ4n) is 2.56. The zero-order valence-electron chi connectivity index (χ0n) is 12.6. The zero-order chi connectivity index (χ0) is 15.7. The number of alkyl halides is 3. The Bertz CT molecular complexity index is 465. The lowest BCUT2D eigenvalue weighted by Gasteiger charge is -2.29. The highest BCUT2D eigenvalue weighted by Gasteiger charge is 2.43. The van der Waals surface area contributed by atoms with E-state index in [2.05, 4.69) is 36.3 Å². The summed E-state index contributed by atoms with van der Waals surface area (Å²) in [5.41, 5.74) is -0.0158. The number of nitrogens with one attached hydrogen (secondary N) is 1. The molecule has 2 atom stereocenters. The SMILES string of the molecule is CC(C)(C)NCc1nnc(C2CCCC(C(F)(F)F)C2)s1. The average molecular weight is 321 g/mol. The van der Waals surface area contributed by atoms with Crippen LogP contribution in [0.1, 0.15) is 62.4 Å². The van der Waals surface area contributed by atoms with Crippen molar-refractivity contribution in [3.8, 4) is 0 Å². The maximum absolute atomic E-state index is 12.8. The highest BCUT2D eigenvalue weighted by Crippen LogP contribution is 2.44. The molecule has 0 aliphatic heterocycles. The van der Waals surface area contributed by atoms with Crippen LogP contribution in [0.15, 0.2) is 0 Å². The van der Waals surface area contributed by atoms with Gasteiger partial charge in [-0.25, -0.2) is 0 Å². The van der Waals surface area contributed by atoms with E-state index in [4.69, 9.17) is 0 Å². The summed E-state index contributed by atoms with van der Waals surface area (Å²) >= 11 is 1.44. The number of nitrogens with zero attached hydrogens (tertiary/aromatic N) is 2. The lowest BCUT2D eigenvalue weighted by molar-refractivity contribution is -0.183. The van der Waals surface area contributed by atoms with Crippen molar-refractivity contribution in [1.29, 1.82) is 0 Å². The van der Waals surface area contributed by atoms with E-state index in [-0.39, 0.29) is 24.3 Å². The molecule has 1 heterocycles. The van der Waals surface area contributed by atoms with Gasteiger partial charge in [0.15, 0.2) is 0 Å². The Morgan fingerprint density at radius 2 is 1.90 bits per heavy atom. The molecule has 2 rings (SSSR count). The maximum atomic E-state index is 12.8. The second kappa shape index (κ2) is 6.20. The topological polar surface area (TPSA) is 37.8 Å². The van der Waals surface area contributed by atoms with Crippen LogP contribution in [0.4, 0.5) is 13.2 Å². The first-order valence-corrected chi connectivity index (χ1v) is 8.11. The van der Waals surface area contributed by atoms with Gasteiger partial charge in [0.05, 0.1) is 12.5 Å². The van der Waals surface area contributed by atoms with Crippen LogP contribution in [0.3, 0.4) is 0 Å². The first-order chi connectivity index (χ1) is 9.65. The summed E-state index contributed by atoms with van der Waals surface area (Å²) in [7, 11) is 0. The van der Waals surface area contributed by atoms with E-state index in [1.165, 1.54) is 11.3 Å². The van der Waals surface area contributed by atoms with Crippen molar-refractivity contribution >= 4 is 11.3 Å². The van der Waals surface area contributed by atoms with Crippen molar-refractivity contribution in [3.63, 3.8) is 0 Å². The lowest BCUT2D eigenvalue weighted by Crippen LogP contribution is -2.35. The number of hydrogen-bond donors (Lipinski definition) is 1. The Morgan fingerprint density at radius 1 is 1.19 bits per heavy atom. The molecule has 21 heavy (non-hydrogen) atoms. The van der Waals surface area contributed by atoms with Crippen molar-refractivity contribution in [3.05, 3.63) is 10.0 Å². The van der Waals surface area contributed by atoms with Gasteiger partial charge in [-0.15, -0.1) is 10.2 Å². The lowest BCUT2D eigenvalue weighted by atomic mass is 9.81. The summed E-state index contributed by atoms with van der Waals surface area (Å²) in [6.45, 7) is 6.79. The second-order valence-corrected chi connectivity index (χ2v) is 7.83. The van der Waals surface area contributed by atoms with E-state index in [0.717, 1.165) is 16.4 Å². The molecule has 1 N–H and O–H groups in total. The Morgan fingerprint density at radius 3 is 2.52 bits per heavy atom. The molecule has 1 aliphatic rings. The summed E-state index contributed by atoms with van der Waals surface area (Å²) in [5, 5.41) is 13.1. The Balaban J connectivity index is 1.97. The standard InChI is InChI=1S/C14H22F3N3S/c1-13(2,3)18-8-11-19-20-12(21-11)9-5-4-6-10(7-9)14(15,16)17/h9-10,18H,4-8H2,1-3H3. The minimum Gasteiger partial charge on any atom is -0.306 e. The van der Waals surface area contributed by atoms with E-state index in [9.17, 15) is 13.2 Å². The van der Waals surface area contributed by atoms with Gasteiger partial charge in [0.25, 0.3) is 0 Å². The molecule has 0 aromatic carbocycles. The fraction of sp³-hybridized carbons (Fsp3) is 0.857. The normalized spacial score (nSPS) is 24.3. The molecule has 1 aromatic rings. The molecule has 0 saturated heterocycles. The van der Waals surface area contributed by atoms with Crippen molar-refractivity contribution < 1.29 is 13.2 Å². The molecule has 120 valence electrons. The van der Waals surface area contributed by atoms with Gasteiger partial charge in [-0.1, -0.05) is 17.8 Å². The molecule has 0 amide bonds. The molecule has 0 bridgehead atoms. The highest BCUT2D eigenvalue weighted by atomic mass is 32.1. The molecule has 1 saturated carbocycles. The van der Waals surface area contributed by atoms with Crippen molar-refractivity contribution in [2.75, 3.05) is 0 Å². The molecule has 1 aromatic heterocycles. The summed E-state index contributed by atoms with van der Waals surface area (Å²) in [6.07, 6.45) is -2.28. The predicted octanol–water partition coefficient (Wildman–Crippen LogP) is 4.26. The van der Waals surface area contributed by atoms with Crippen molar-refractivity contribution in [1.82, 2.24) is 15.5 Å². The molecular formula is C14H22F3N3S. The fourth-order valence-corrected chi connectivity index (χ4v) is 3.48. The molecule has 7 heteroatoms. The van der Waals surface area contributed by atoms with Crippen LogP contribution in [-0.4, -0.2) is 21.9 Å². The Hall–Kier alpha value is -0.690. The second-order valence-electron chi connectivity index (χ2n) is 6.74. The number of halogens is 3. The molecule has 2 unspecified atom stereocenters. The van der Waals surface area contributed by atoms with Gasteiger partial charge >= 0.3 is 6.18 Å². The number of rotatable bonds is 3. The third-order valence-corrected chi connectivity index (χ3v) is 4.82. The van der Waals surface area contributed by atoms with Gasteiger partial charge in [-0.05, 0) is 40.0 Å². The maximum Gasteiger partial charge on any atom is 0.391 e. The van der Waals surface area contributed by atoms with E-state index >= 15 is 0 Å². The van der Waals surface area contributed by atoms with E-state index in [1.807, 2.05) is 0 Å². The smallest absolute Gasteiger partial charge is 0.306 e. The van der Waals surface area contributed by atoms with Crippen LogP contribution in [0.2, 0.25) is 0 Å². The van der Waals surface area contributed by atoms with Gasteiger partial charge in [-0.2, -0.15) is 13.2 Å². The van der Waals surface area contributed by atoms with Gasteiger partial charge in [0.2, 0.25) is 0 Å². The summed E-state index contributed by atoms with van der Waals surface area (Å²) in [6, 6.07) is 0. The van der Waals surface area contributed by atoms with Gasteiger partial charge in [0.1, 0.15) is 10.0 Å². The molecule has 3 nitrogen and oxygen atoms in total. The highest BCUT2D eigenvalue weighted by molar-refractivity contribution is 7.11. The van der Waals surface area contributed by atoms with E-state index in [1.54, 1.807) is 0 Å².